The molecule has 0 aromatic rings. The van der Waals surface area contributed by atoms with Gasteiger partial charge in [-0.15, -0.1) is 0 Å². The molecule has 0 rings (SSSR count). The van der Waals surface area contributed by atoms with Gasteiger partial charge in [-0.2, -0.15) is 5.48 Å². The molecular weight excluding hydrogens is 134 g/mol. The standard InChI is InChI=1S/C6H13NO3/c1-6(2,3)10-5(8)7-9-4/h1-4H3,(H,7,8). The predicted molar refractivity (Wildman–Crippen MR) is 36.4 cm³/mol. The summed E-state index contributed by atoms with van der Waals surface area (Å²) in [6.07, 6.45) is -0.574. The Morgan fingerprint density at radius 3 is 2.20 bits per heavy atom. The highest BCUT2D eigenvalue weighted by atomic mass is 16.7. The van der Waals surface area contributed by atoms with Crippen LogP contribution in [0.1, 0.15) is 20.8 Å². The number of carbonyl (C=O) groups excluding carboxylic acids is 1. The minimum absolute atomic E-state index is 0.470. The molecule has 0 fully saturated rings. The number of rotatable bonds is 1. The van der Waals surface area contributed by atoms with E-state index in [1.165, 1.54) is 7.11 Å². The molecule has 0 radical (unpaired) electrons. The Labute approximate surface area is 60.5 Å². The third kappa shape index (κ3) is 5.37. The second-order valence-corrected chi connectivity index (χ2v) is 2.81. The monoisotopic (exact) mass is 147 g/mol. The van der Waals surface area contributed by atoms with Gasteiger partial charge >= 0.3 is 6.09 Å². The first-order valence-electron chi connectivity index (χ1n) is 2.97. The van der Waals surface area contributed by atoms with E-state index in [2.05, 4.69) is 4.84 Å². The Bertz CT molecular complexity index is 117. The van der Waals surface area contributed by atoms with Crippen LogP contribution < -0.4 is 5.48 Å². The van der Waals surface area contributed by atoms with Crippen molar-refractivity contribution in [1.82, 2.24) is 5.48 Å². The normalized spacial score (nSPS) is 10.8. The molecule has 0 saturated heterocycles. The van der Waals surface area contributed by atoms with Crippen LogP contribution in [-0.4, -0.2) is 18.8 Å². The number of hydrogen-bond donors (Lipinski definition) is 1. The molecule has 0 bridgehead atoms. The van der Waals surface area contributed by atoms with Crippen molar-refractivity contribution in [2.45, 2.75) is 26.4 Å². The summed E-state index contributed by atoms with van der Waals surface area (Å²) in [7, 11) is 1.35. The summed E-state index contributed by atoms with van der Waals surface area (Å²) in [4.78, 5) is 14.9. The van der Waals surface area contributed by atoms with E-state index in [-0.39, 0.29) is 0 Å². The average Bonchev–Trinajstić information content (AvgIpc) is 1.59. The molecule has 60 valence electrons. The maximum absolute atomic E-state index is 10.6. The predicted octanol–water partition coefficient (Wildman–Crippen LogP) is 1.07. The lowest BCUT2D eigenvalue weighted by atomic mass is 10.2. The van der Waals surface area contributed by atoms with Gasteiger partial charge in [0, 0.05) is 0 Å². The third-order valence-corrected chi connectivity index (χ3v) is 0.584. The first kappa shape index (κ1) is 9.23. The zero-order chi connectivity index (χ0) is 8.20. The number of hydroxylamine groups is 1. The van der Waals surface area contributed by atoms with Gasteiger partial charge in [-0.3, -0.25) is 4.84 Å². The Morgan fingerprint density at radius 1 is 1.40 bits per heavy atom. The molecule has 0 spiro atoms. The molecule has 0 aliphatic heterocycles. The fraction of sp³-hybridized carbons (Fsp3) is 0.833. The van der Waals surface area contributed by atoms with Gasteiger partial charge in [0.2, 0.25) is 0 Å². The Kier molecular flexibility index (Phi) is 3.15. The summed E-state index contributed by atoms with van der Waals surface area (Å²) in [5.41, 5.74) is 1.57. The second kappa shape index (κ2) is 3.41. The SMILES string of the molecule is CONC(=O)OC(C)(C)C. The number of hydrogen-bond acceptors (Lipinski definition) is 3. The fourth-order valence-corrected chi connectivity index (χ4v) is 0.382. The lowest BCUT2D eigenvalue weighted by molar-refractivity contribution is 0.00881. The van der Waals surface area contributed by atoms with Gasteiger partial charge in [0.1, 0.15) is 5.60 Å². The Balaban J connectivity index is 3.58. The molecule has 0 unspecified atom stereocenters. The van der Waals surface area contributed by atoms with Gasteiger partial charge in [0.15, 0.2) is 0 Å². The summed E-state index contributed by atoms with van der Waals surface area (Å²) in [6, 6.07) is 0. The van der Waals surface area contributed by atoms with Crippen molar-refractivity contribution in [3.8, 4) is 0 Å². The van der Waals surface area contributed by atoms with E-state index in [1.54, 1.807) is 20.8 Å². The topological polar surface area (TPSA) is 47.6 Å². The van der Waals surface area contributed by atoms with E-state index in [4.69, 9.17) is 4.74 Å². The maximum atomic E-state index is 10.6. The van der Waals surface area contributed by atoms with Crippen LogP contribution in [-0.2, 0) is 9.57 Å². The number of carbonyl (C=O) groups is 1. The molecule has 1 amide bonds. The molecule has 4 nitrogen and oxygen atoms in total. The molecule has 0 atom stereocenters. The van der Waals surface area contributed by atoms with E-state index in [1.807, 2.05) is 5.48 Å². The summed E-state index contributed by atoms with van der Waals surface area (Å²) in [6.45, 7) is 5.34. The molecule has 1 N–H and O–H groups in total. The van der Waals surface area contributed by atoms with E-state index >= 15 is 0 Å². The average molecular weight is 147 g/mol. The quantitative estimate of drug-likeness (QED) is 0.564. The van der Waals surface area contributed by atoms with E-state index in [9.17, 15) is 4.79 Å². The zero-order valence-electron chi connectivity index (χ0n) is 6.72. The summed E-state index contributed by atoms with van der Waals surface area (Å²) in [5.74, 6) is 0. The van der Waals surface area contributed by atoms with E-state index in [0.717, 1.165) is 0 Å². The molecule has 0 heterocycles. The summed E-state index contributed by atoms with van der Waals surface area (Å²) >= 11 is 0. The fourth-order valence-electron chi connectivity index (χ4n) is 0.382. The third-order valence-electron chi connectivity index (χ3n) is 0.584. The largest absolute Gasteiger partial charge is 0.442 e. The first-order chi connectivity index (χ1) is 4.45. The van der Waals surface area contributed by atoms with Crippen LogP contribution in [0, 0.1) is 0 Å². The van der Waals surface area contributed by atoms with Crippen LogP contribution in [0.25, 0.3) is 0 Å². The number of ether oxygens (including phenoxy) is 1. The highest BCUT2D eigenvalue weighted by molar-refractivity contribution is 5.66. The van der Waals surface area contributed by atoms with Gasteiger partial charge < -0.3 is 4.74 Å². The van der Waals surface area contributed by atoms with Gasteiger partial charge in [-0.1, -0.05) is 0 Å². The van der Waals surface area contributed by atoms with Crippen LogP contribution in [0.2, 0.25) is 0 Å². The first-order valence-corrected chi connectivity index (χ1v) is 2.97. The van der Waals surface area contributed by atoms with Gasteiger partial charge in [-0.05, 0) is 20.8 Å². The Hall–Kier alpha value is -0.770. The van der Waals surface area contributed by atoms with Crippen LogP contribution in [0.5, 0.6) is 0 Å². The van der Waals surface area contributed by atoms with Crippen LogP contribution in [0.15, 0.2) is 0 Å². The van der Waals surface area contributed by atoms with Crippen molar-refractivity contribution in [3.05, 3.63) is 0 Å². The van der Waals surface area contributed by atoms with Crippen LogP contribution >= 0.6 is 0 Å². The van der Waals surface area contributed by atoms with E-state index < -0.39 is 11.7 Å². The smallest absolute Gasteiger partial charge is 0.431 e. The molecule has 0 aromatic heterocycles. The maximum Gasteiger partial charge on any atom is 0.431 e. The minimum Gasteiger partial charge on any atom is -0.442 e. The minimum atomic E-state index is -0.574. The van der Waals surface area contributed by atoms with E-state index in [0.29, 0.717) is 0 Å². The highest BCUT2D eigenvalue weighted by Crippen LogP contribution is 2.05. The molecule has 4 heteroatoms. The van der Waals surface area contributed by atoms with Crippen LogP contribution in [0.4, 0.5) is 4.79 Å². The zero-order valence-corrected chi connectivity index (χ0v) is 6.72. The molecule has 0 saturated carbocycles. The van der Waals surface area contributed by atoms with Crippen molar-refractivity contribution in [3.63, 3.8) is 0 Å². The molecular formula is C6H13NO3. The highest BCUT2D eigenvalue weighted by Gasteiger charge is 2.15. The van der Waals surface area contributed by atoms with Crippen molar-refractivity contribution in [2.75, 3.05) is 7.11 Å². The summed E-state index contributed by atoms with van der Waals surface area (Å²) in [5, 5.41) is 0. The van der Waals surface area contributed by atoms with Gasteiger partial charge in [0.25, 0.3) is 0 Å². The number of amides is 1. The molecule has 0 aromatic carbocycles. The second-order valence-electron chi connectivity index (χ2n) is 2.81. The van der Waals surface area contributed by atoms with Gasteiger partial charge in [-0.25, -0.2) is 4.79 Å². The van der Waals surface area contributed by atoms with Crippen molar-refractivity contribution in [1.29, 1.82) is 0 Å². The molecule has 10 heavy (non-hydrogen) atoms. The summed E-state index contributed by atoms with van der Waals surface area (Å²) < 4.78 is 4.80. The Morgan fingerprint density at radius 2 is 1.90 bits per heavy atom. The van der Waals surface area contributed by atoms with Crippen molar-refractivity contribution in [2.24, 2.45) is 0 Å². The lowest BCUT2D eigenvalue weighted by Crippen LogP contribution is -2.31. The lowest BCUT2D eigenvalue weighted by Gasteiger charge is -2.18. The molecule has 0 aliphatic carbocycles. The van der Waals surface area contributed by atoms with Crippen molar-refractivity contribution >= 4 is 6.09 Å². The van der Waals surface area contributed by atoms with Crippen LogP contribution in [0.3, 0.4) is 0 Å². The van der Waals surface area contributed by atoms with Crippen molar-refractivity contribution < 1.29 is 14.4 Å². The van der Waals surface area contributed by atoms with Gasteiger partial charge in [0.05, 0.1) is 7.11 Å². The number of nitrogens with one attached hydrogen (secondary N) is 1. The molecule has 0 aliphatic rings.